The van der Waals surface area contributed by atoms with E-state index < -0.39 is 0 Å². The van der Waals surface area contributed by atoms with Gasteiger partial charge < -0.3 is 9.88 Å². The summed E-state index contributed by atoms with van der Waals surface area (Å²) in [6.07, 6.45) is 6.91. The molecule has 0 fully saturated rings. The summed E-state index contributed by atoms with van der Waals surface area (Å²) >= 11 is 0. The number of hydrogen-bond acceptors (Lipinski definition) is 3. The van der Waals surface area contributed by atoms with Crippen molar-refractivity contribution < 1.29 is 4.39 Å². The number of pyridine rings is 1. The zero-order valence-corrected chi connectivity index (χ0v) is 12.9. The summed E-state index contributed by atoms with van der Waals surface area (Å²) in [7, 11) is 0. The molecule has 0 aliphatic carbocycles. The highest BCUT2D eigenvalue weighted by Crippen LogP contribution is 2.17. The molecule has 0 aliphatic rings. The molecule has 4 nitrogen and oxygen atoms in total. The van der Waals surface area contributed by atoms with Gasteiger partial charge in [-0.05, 0) is 18.6 Å². The van der Waals surface area contributed by atoms with Gasteiger partial charge in [0, 0.05) is 31.4 Å². The molecule has 0 aromatic carbocycles. The Morgan fingerprint density at radius 2 is 2.10 bits per heavy atom. The number of nitrogens with zero attached hydrogens (tertiary/aromatic N) is 3. The third-order valence-electron chi connectivity index (χ3n) is 3.29. The normalized spacial score (nSPS) is 12.8. The van der Waals surface area contributed by atoms with Gasteiger partial charge in [-0.25, -0.2) is 9.37 Å². The number of aryl methyl sites for hydroxylation is 1. The Balaban J connectivity index is 2.19. The first-order valence-corrected chi connectivity index (χ1v) is 7.47. The zero-order chi connectivity index (χ0) is 15.2. The lowest BCUT2D eigenvalue weighted by atomic mass is 10.1. The van der Waals surface area contributed by atoms with Gasteiger partial charge in [-0.1, -0.05) is 20.8 Å². The maximum Gasteiger partial charge on any atom is 0.141 e. The Kier molecular flexibility index (Phi) is 5.44. The average molecular weight is 290 g/mol. The molecule has 0 aliphatic heterocycles. The lowest BCUT2D eigenvalue weighted by Crippen LogP contribution is -2.31. The van der Waals surface area contributed by atoms with Crippen molar-refractivity contribution in [3.05, 3.63) is 48.1 Å². The van der Waals surface area contributed by atoms with Crippen LogP contribution in [-0.4, -0.2) is 20.6 Å². The first-order valence-electron chi connectivity index (χ1n) is 7.47. The molecule has 1 unspecified atom stereocenters. The van der Waals surface area contributed by atoms with Gasteiger partial charge >= 0.3 is 0 Å². The Labute approximate surface area is 125 Å². The summed E-state index contributed by atoms with van der Waals surface area (Å²) in [5, 5.41) is 3.48. The molecule has 1 N–H and O–H groups in total. The number of rotatable bonds is 7. The van der Waals surface area contributed by atoms with Crippen LogP contribution in [0.5, 0.6) is 0 Å². The van der Waals surface area contributed by atoms with E-state index in [-0.39, 0.29) is 11.9 Å². The maximum absolute atomic E-state index is 13.1. The van der Waals surface area contributed by atoms with E-state index in [9.17, 15) is 4.39 Å². The number of aromatic nitrogens is 3. The number of hydrogen-bond donors (Lipinski definition) is 1. The molecule has 114 valence electrons. The summed E-state index contributed by atoms with van der Waals surface area (Å²) in [5.41, 5.74) is 0.844. The van der Waals surface area contributed by atoms with Crippen molar-refractivity contribution in [2.45, 2.75) is 52.2 Å². The molecular weight excluding hydrogens is 267 g/mol. The number of nitrogens with one attached hydrogen (secondary N) is 1. The molecule has 0 saturated carbocycles. The molecule has 2 heterocycles. The van der Waals surface area contributed by atoms with Crippen molar-refractivity contribution in [3.63, 3.8) is 0 Å². The minimum atomic E-state index is -0.311. The lowest BCUT2D eigenvalue weighted by Gasteiger charge is -2.21. The second kappa shape index (κ2) is 7.31. The smallest absolute Gasteiger partial charge is 0.141 e. The van der Waals surface area contributed by atoms with E-state index in [1.54, 1.807) is 6.07 Å². The van der Waals surface area contributed by atoms with Crippen molar-refractivity contribution in [1.82, 2.24) is 19.9 Å². The molecule has 0 saturated heterocycles. The fourth-order valence-electron chi connectivity index (χ4n) is 2.40. The van der Waals surface area contributed by atoms with Gasteiger partial charge in [0.25, 0.3) is 0 Å². The number of halogens is 1. The second-order valence-electron chi connectivity index (χ2n) is 5.52. The maximum atomic E-state index is 13.1. The Bertz CT molecular complexity index is 548. The summed E-state index contributed by atoms with van der Waals surface area (Å²) in [5.74, 6) is 0.718. The van der Waals surface area contributed by atoms with Crippen LogP contribution in [0.4, 0.5) is 4.39 Å². The number of imidazole rings is 1. The van der Waals surface area contributed by atoms with E-state index in [1.807, 2.05) is 12.4 Å². The Morgan fingerprint density at radius 1 is 1.29 bits per heavy atom. The standard InChI is InChI=1S/C16H23FN4/c1-4-8-21-9-7-18-16(21)10-15(20-12(2)3)14-6-5-13(17)11-19-14/h5-7,9,11-12,15,20H,4,8,10H2,1-3H3. The minimum absolute atomic E-state index is 0.0311. The fourth-order valence-corrected chi connectivity index (χ4v) is 2.40. The highest BCUT2D eigenvalue weighted by atomic mass is 19.1. The lowest BCUT2D eigenvalue weighted by molar-refractivity contribution is 0.449. The Hall–Kier alpha value is -1.75. The van der Waals surface area contributed by atoms with Gasteiger partial charge in [-0.2, -0.15) is 0 Å². The average Bonchev–Trinajstić information content (AvgIpc) is 2.86. The van der Waals surface area contributed by atoms with E-state index in [4.69, 9.17) is 0 Å². The molecular formula is C16H23FN4. The molecule has 2 rings (SSSR count). The zero-order valence-electron chi connectivity index (χ0n) is 12.9. The predicted octanol–water partition coefficient (Wildman–Crippen LogP) is 3.11. The third-order valence-corrected chi connectivity index (χ3v) is 3.29. The van der Waals surface area contributed by atoms with Gasteiger partial charge in [-0.3, -0.25) is 4.98 Å². The molecule has 0 amide bonds. The van der Waals surface area contributed by atoms with E-state index in [0.29, 0.717) is 6.04 Å². The van der Waals surface area contributed by atoms with Crippen LogP contribution < -0.4 is 5.32 Å². The van der Waals surface area contributed by atoms with Crippen LogP contribution in [0.1, 0.15) is 44.8 Å². The fraction of sp³-hybridized carbons (Fsp3) is 0.500. The first-order chi connectivity index (χ1) is 10.1. The second-order valence-corrected chi connectivity index (χ2v) is 5.52. The van der Waals surface area contributed by atoms with Crippen molar-refractivity contribution in [2.75, 3.05) is 0 Å². The molecule has 21 heavy (non-hydrogen) atoms. The van der Waals surface area contributed by atoms with Gasteiger partial charge in [0.2, 0.25) is 0 Å². The van der Waals surface area contributed by atoms with Gasteiger partial charge in [0.05, 0.1) is 17.9 Å². The van der Waals surface area contributed by atoms with Crippen molar-refractivity contribution in [1.29, 1.82) is 0 Å². The SMILES string of the molecule is CCCn1ccnc1CC(NC(C)C)c1ccc(F)cn1. The van der Waals surface area contributed by atoms with Gasteiger partial charge in [0.15, 0.2) is 0 Å². The van der Waals surface area contributed by atoms with Crippen LogP contribution in [0, 0.1) is 5.82 Å². The monoisotopic (exact) mass is 290 g/mol. The van der Waals surface area contributed by atoms with Crippen molar-refractivity contribution >= 4 is 0 Å². The third kappa shape index (κ3) is 4.36. The van der Waals surface area contributed by atoms with Gasteiger partial charge in [-0.15, -0.1) is 0 Å². The molecule has 0 radical (unpaired) electrons. The molecule has 1 atom stereocenters. The summed E-state index contributed by atoms with van der Waals surface area (Å²) in [6.45, 7) is 7.29. The summed E-state index contributed by atoms with van der Waals surface area (Å²) < 4.78 is 15.2. The largest absolute Gasteiger partial charge is 0.335 e. The molecule has 5 heteroatoms. The van der Waals surface area contributed by atoms with Crippen molar-refractivity contribution in [2.24, 2.45) is 0 Å². The molecule has 2 aromatic rings. The van der Waals surface area contributed by atoms with Crippen LogP contribution >= 0.6 is 0 Å². The van der Waals surface area contributed by atoms with Crippen LogP contribution in [0.25, 0.3) is 0 Å². The molecule has 0 spiro atoms. The highest BCUT2D eigenvalue weighted by molar-refractivity contribution is 5.12. The van der Waals surface area contributed by atoms with Crippen LogP contribution in [0.2, 0.25) is 0 Å². The predicted molar refractivity (Wildman–Crippen MR) is 81.4 cm³/mol. The highest BCUT2D eigenvalue weighted by Gasteiger charge is 2.17. The Morgan fingerprint density at radius 3 is 2.71 bits per heavy atom. The van der Waals surface area contributed by atoms with Gasteiger partial charge in [0.1, 0.15) is 11.6 Å². The first kappa shape index (κ1) is 15.6. The minimum Gasteiger partial charge on any atom is -0.335 e. The van der Waals surface area contributed by atoms with E-state index in [1.165, 1.54) is 12.3 Å². The van der Waals surface area contributed by atoms with Crippen molar-refractivity contribution in [3.8, 4) is 0 Å². The van der Waals surface area contributed by atoms with E-state index in [0.717, 1.165) is 30.9 Å². The van der Waals surface area contributed by atoms with E-state index in [2.05, 4.69) is 40.6 Å². The summed E-state index contributed by atoms with van der Waals surface area (Å²) in [4.78, 5) is 8.66. The van der Waals surface area contributed by atoms with E-state index >= 15 is 0 Å². The molecule has 0 bridgehead atoms. The van der Waals surface area contributed by atoms with Crippen LogP contribution in [0.3, 0.4) is 0 Å². The quantitative estimate of drug-likeness (QED) is 0.852. The van der Waals surface area contributed by atoms with Crippen LogP contribution in [-0.2, 0) is 13.0 Å². The summed E-state index contributed by atoms with van der Waals surface area (Å²) in [6, 6.07) is 3.54. The topological polar surface area (TPSA) is 42.7 Å². The molecule has 2 aromatic heterocycles. The van der Waals surface area contributed by atoms with Crippen LogP contribution in [0.15, 0.2) is 30.7 Å².